The van der Waals surface area contributed by atoms with Gasteiger partial charge in [-0.15, -0.1) is 0 Å². The van der Waals surface area contributed by atoms with Crippen LogP contribution in [0.5, 0.6) is 0 Å². The van der Waals surface area contributed by atoms with Gasteiger partial charge in [0.15, 0.2) is 0 Å². The largest absolute Gasteiger partial charge is 0.356 e. The first kappa shape index (κ1) is 21.1. The fraction of sp³-hybridized carbons (Fsp3) is 0.417. The second-order valence-electron chi connectivity index (χ2n) is 8.03. The Labute approximate surface area is 186 Å². The number of halogens is 1. The van der Waals surface area contributed by atoms with Gasteiger partial charge in [-0.1, -0.05) is 47.5 Å². The van der Waals surface area contributed by atoms with E-state index in [1.165, 1.54) is 0 Å². The van der Waals surface area contributed by atoms with Crippen LogP contribution in [0.2, 0.25) is 0 Å². The lowest BCUT2D eigenvalue weighted by Gasteiger charge is -2.31. The number of carbonyl (C=O) groups excluding carboxylic acids is 1. The maximum Gasteiger partial charge on any atom is 0.223 e. The van der Waals surface area contributed by atoms with Crippen LogP contribution in [0.3, 0.4) is 0 Å². The summed E-state index contributed by atoms with van der Waals surface area (Å²) in [5, 5.41) is 3.09. The standard InChI is InChI=1S/C24H29BrN4O/c1-2-3-13-26-24(30)18-11-14-28(15-12-18)17-23-27-21-9-4-5-10-22(21)29(23)20-8-6-7-19(25)16-20/h4-10,16,18H,2-3,11-15,17H2,1H3,(H,26,30). The number of carbonyl (C=O) groups is 1. The molecule has 1 fully saturated rings. The van der Waals surface area contributed by atoms with E-state index in [9.17, 15) is 4.79 Å². The first-order chi connectivity index (χ1) is 14.7. The number of nitrogens with one attached hydrogen (secondary N) is 1. The molecule has 1 aliphatic heterocycles. The Hall–Kier alpha value is -2.18. The van der Waals surface area contributed by atoms with Crippen molar-refractivity contribution in [3.05, 3.63) is 58.8 Å². The Morgan fingerprint density at radius 3 is 2.73 bits per heavy atom. The molecule has 1 N–H and O–H groups in total. The summed E-state index contributed by atoms with van der Waals surface area (Å²) in [7, 11) is 0. The third kappa shape index (κ3) is 4.76. The molecule has 5 nitrogen and oxygen atoms in total. The summed E-state index contributed by atoms with van der Waals surface area (Å²) < 4.78 is 3.31. The van der Waals surface area contributed by atoms with Crippen LogP contribution < -0.4 is 5.32 Å². The van der Waals surface area contributed by atoms with Crippen molar-refractivity contribution in [2.24, 2.45) is 5.92 Å². The van der Waals surface area contributed by atoms with Gasteiger partial charge in [0, 0.05) is 22.6 Å². The number of para-hydroxylation sites is 2. The number of imidazole rings is 1. The molecule has 1 aliphatic rings. The summed E-state index contributed by atoms with van der Waals surface area (Å²) >= 11 is 3.60. The second kappa shape index (κ2) is 9.75. The van der Waals surface area contributed by atoms with E-state index in [1.54, 1.807) is 0 Å². The molecule has 0 radical (unpaired) electrons. The molecule has 4 rings (SSSR count). The number of nitrogens with zero attached hydrogens (tertiary/aromatic N) is 3. The molecular weight excluding hydrogens is 440 g/mol. The predicted molar refractivity (Wildman–Crippen MR) is 125 cm³/mol. The number of aromatic nitrogens is 2. The number of rotatable bonds is 7. The topological polar surface area (TPSA) is 50.2 Å². The summed E-state index contributed by atoms with van der Waals surface area (Å²) in [6, 6.07) is 16.6. The number of piperidine rings is 1. The first-order valence-corrected chi connectivity index (χ1v) is 11.7. The van der Waals surface area contributed by atoms with Crippen molar-refractivity contribution in [1.29, 1.82) is 0 Å². The van der Waals surface area contributed by atoms with E-state index >= 15 is 0 Å². The van der Waals surface area contributed by atoms with Crippen LogP contribution >= 0.6 is 15.9 Å². The number of hydrogen-bond acceptors (Lipinski definition) is 3. The van der Waals surface area contributed by atoms with Gasteiger partial charge >= 0.3 is 0 Å². The molecule has 0 spiro atoms. The van der Waals surface area contributed by atoms with Crippen molar-refractivity contribution in [1.82, 2.24) is 19.8 Å². The normalized spacial score (nSPS) is 15.5. The van der Waals surface area contributed by atoms with Crippen LogP contribution in [0.15, 0.2) is 53.0 Å². The molecule has 1 amide bonds. The smallest absolute Gasteiger partial charge is 0.223 e. The van der Waals surface area contributed by atoms with Gasteiger partial charge in [0.2, 0.25) is 5.91 Å². The van der Waals surface area contributed by atoms with Crippen molar-refractivity contribution in [3.63, 3.8) is 0 Å². The fourth-order valence-electron chi connectivity index (χ4n) is 4.17. The average Bonchev–Trinajstić information content (AvgIpc) is 3.12. The minimum Gasteiger partial charge on any atom is -0.356 e. The molecule has 6 heteroatoms. The Morgan fingerprint density at radius 1 is 1.17 bits per heavy atom. The van der Waals surface area contributed by atoms with Gasteiger partial charge in [-0.3, -0.25) is 14.3 Å². The van der Waals surface area contributed by atoms with Crippen LogP contribution in [0, 0.1) is 5.92 Å². The van der Waals surface area contributed by atoms with E-state index < -0.39 is 0 Å². The van der Waals surface area contributed by atoms with Crippen LogP contribution in [0.25, 0.3) is 16.7 Å². The summed E-state index contributed by atoms with van der Waals surface area (Å²) in [4.78, 5) is 19.7. The Balaban J connectivity index is 1.49. The summed E-state index contributed by atoms with van der Waals surface area (Å²) in [5.74, 6) is 1.41. The number of amides is 1. The van der Waals surface area contributed by atoms with Crippen LogP contribution in [-0.4, -0.2) is 40.0 Å². The highest BCUT2D eigenvalue weighted by molar-refractivity contribution is 9.10. The van der Waals surface area contributed by atoms with Gasteiger partial charge in [-0.05, 0) is 62.7 Å². The van der Waals surface area contributed by atoms with Crippen molar-refractivity contribution in [3.8, 4) is 5.69 Å². The third-order valence-corrected chi connectivity index (χ3v) is 6.34. The van der Waals surface area contributed by atoms with Crippen LogP contribution in [0.4, 0.5) is 0 Å². The van der Waals surface area contributed by atoms with Crippen molar-refractivity contribution in [2.45, 2.75) is 39.2 Å². The summed E-state index contributed by atoms with van der Waals surface area (Å²) in [6.07, 6.45) is 3.98. The quantitative estimate of drug-likeness (QED) is 0.500. The average molecular weight is 469 g/mol. The van der Waals surface area contributed by atoms with Gasteiger partial charge in [0.05, 0.1) is 17.6 Å². The van der Waals surface area contributed by atoms with E-state index in [-0.39, 0.29) is 11.8 Å². The van der Waals surface area contributed by atoms with Crippen molar-refractivity contribution >= 4 is 32.9 Å². The molecule has 1 aromatic heterocycles. The highest BCUT2D eigenvalue weighted by atomic mass is 79.9. The number of likely N-dealkylation sites (tertiary alicyclic amines) is 1. The van der Waals surface area contributed by atoms with Crippen molar-refractivity contribution in [2.75, 3.05) is 19.6 Å². The minimum atomic E-state index is 0.141. The lowest BCUT2D eigenvalue weighted by atomic mass is 9.96. The minimum absolute atomic E-state index is 0.141. The molecule has 2 heterocycles. The summed E-state index contributed by atoms with van der Waals surface area (Å²) in [5.41, 5.74) is 3.24. The number of unbranched alkanes of at least 4 members (excludes halogenated alkanes) is 1. The van der Waals surface area contributed by atoms with E-state index in [4.69, 9.17) is 4.98 Å². The molecule has 30 heavy (non-hydrogen) atoms. The zero-order valence-corrected chi connectivity index (χ0v) is 19.1. The van der Waals surface area contributed by atoms with Gasteiger partial charge in [-0.25, -0.2) is 4.98 Å². The van der Waals surface area contributed by atoms with E-state index in [1.807, 2.05) is 12.1 Å². The highest BCUT2D eigenvalue weighted by Gasteiger charge is 2.26. The van der Waals surface area contributed by atoms with Gasteiger partial charge in [0.1, 0.15) is 5.82 Å². The molecule has 0 atom stereocenters. The Kier molecular flexibility index (Phi) is 6.85. The SMILES string of the molecule is CCCCNC(=O)C1CCN(Cc2nc3ccccc3n2-c2cccc(Br)c2)CC1. The van der Waals surface area contributed by atoms with E-state index in [2.05, 4.69) is 74.0 Å². The maximum atomic E-state index is 12.4. The lowest BCUT2D eigenvalue weighted by Crippen LogP contribution is -2.40. The van der Waals surface area contributed by atoms with Gasteiger partial charge < -0.3 is 5.32 Å². The first-order valence-electron chi connectivity index (χ1n) is 10.9. The van der Waals surface area contributed by atoms with E-state index in [0.29, 0.717) is 0 Å². The highest BCUT2D eigenvalue weighted by Crippen LogP contribution is 2.26. The molecule has 3 aromatic rings. The second-order valence-corrected chi connectivity index (χ2v) is 8.94. The summed E-state index contributed by atoms with van der Waals surface area (Å²) in [6.45, 7) is 5.57. The molecule has 0 saturated carbocycles. The zero-order valence-electron chi connectivity index (χ0n) is 17.5. The zero-order chi connectivity index (χ0) is 20.9. The Morgan fingerprint density at radius 2 is 1.97 bits per heavy atom. The Bertz CT molecular complexity index is 1010. The van der Waals surface area contributed by atoms with E-state index in [0.717, 1.165) is 78.9 Å². The fourth-order valence-corrected chi connectivity index (χ4v) is 4.56. The lowest BCUT2D eigenvalue weighted by molar-refractivity contribution is -0.126. The monoisotopic (exact) mass is 468 g/mol. The molecule has 0 bridgehead atoms. The molecule has 1 saturated heterocycles. The van der Waals surface area contributed by atoms with Crippen molar-refractivity contribution < 1.29 is 4.79 Å². The van der Waals surface area contributed by atoms with Gasteiger partial charge in [-0.2, -0.15) is 0 Å². The van der Waals surface area contributed by atoms with Crippen LogP contribution in [-0.2, 0) is 11.3 Å². The predicted octanol–water partition coefficient (Wildman–Crippen LogP) is 4.92. The van der Waals surface area contributed by atoms with Crippen LogP contribution in [0.1, 0.15) is 38.4 Å². The molecule has 158 valence electrons. The number of hydrogen-bond donors (Lipinski definition) is 1. The molecule has 2 aromatic carbocycles. The number of fused-ring (bicyclic) bond motifs is 1. The molecule has 0 unspecified atom stereocenters. The van der Waals surface area contributed by atoms with Gasteiger partial charge in [0.25, 0.3) is 0 Å². The number of benzene rings is 2. The molecular formula is C24H29BrN4O. The third-order valence-electron chi connectivity index (χ3n) is 5.85. The molecule has 0 aliphatic carbocycles. The maximum absolute atomic E-state index is 12.4.